The molecule has 1 aromatic rings. The number of amides is 2. The first kappa shape index (κ1) is 47.9. The van der Waals surface area contributed by atoms with E-state index in [0.717, 1.165) is 5.56 Å². The first-order valence-corrected chi connectivity index (χ1v) is 19.8. The van der Waals surface area contributed by atoms with Crippen LogP contribution in [0.2, 0.25) is 0 Å². The zero-order valence-electron chi connectivity index (χ0n) is 35.4. The highest BCUT2D eigenvalue weighted by Gasteiger charge is 2.46. The van der Waals surface area contributed by atoms with Crippen molar-refractivity contribution >= 4 is 29.4 Å². The number of hydrogen-bond donors (Lipinski definition) is 2. The quantitative estimate of drug-likeness (QED) is 0.142. The fourth-order valence-electron chi connectivity index (χ4n) is 8.46. The van der Waals surface area contributed by atoms with Crippen LogP contribution < -0.4 is 5.90 Å². The number of likely N-dealkylation sites (N-methyl/N-ethyl adjacent to an activating group) is 2. The molecule has 3 N–H and O–H groups in total. The number of ketones is 2. The lowest BCUT2D eigenvalue weighted by Crippen LogP contribution is -2.54. The Balaban J connectivity index is 2.35. The summed E-state index contributed by atoms with van der Waals surface area (Å²) in [6.45, 7) is 13.8. The van der Waals surface area contributed by atoms with Gasteiger partial charge in [0.1, 0.15) is 5.78 Å². The third-order valence-corrected chi connectivity index (χ3v) is 11.7. The van der Waals surface area contributed by atoms with Crippen molar-refractivity contribution in [1.82, 2.24) is 14.7 Å². The van der Waals surface area contributed by atoms with E-state index < -0.39 is 54.1 Å². The van der Waals surface area contributed by atoms with Crippen molar-refractivity contribution in [1.29, 1.82) is 0 Å². The summed E-state index contributed by atoms with van der Waals surface area (Å²) >= 11 is 0. The van der Waals surface area contributed by atoms with Crippen LogP contribution in [0.5, 0.6) is 0 Å². The Morgan fingerprint density at radius 2 is 1.51 bits per heavy atom. The molecular weight excluding hydrogens is 704 g/mol. The molecule has 0 saturated carbocycles. The summed E-state index contributed by atoms with van der Waals surface area (Å²) in [4.78, 5) is 78.5. The number of aliphatic carboxylic acids is 1. The molecule has 1 fully saturated rings. The van der Waals surface area contributed by atoms with E-state index in [-0.39, 0.29) is 79.4 Å². The maximum Gasteiger partial charge on any atom is 0.307 e. The lowest BCUT2D eigenvalue weighted by Gasteiger charge is -2.41. The average Bonchev–Trinajstić information content (AvgIpc) is 3.57. The Hall–Kier alpha value is -3.23. The summed E-state index contributed by atoms with van der Waals surface area (Å²) in [6.07, 6.45) is -0.913. The summed E-state index contributed by atoms with van der Waals surface area (Å²) in [7, 11) is 8.49. The van der Waals surface area contributed by atoms with Crippen LogP contribution in [0.1, 0.15) is 86.1 Å². The summed E-state index contributed by atoms with van der Waals surface area (Å²) in [5.74, 6) is 1.58. The SMILES string of the molecule is CC[C@H](C)[C@@H]([C@@H](CC(=O)N1C[C@H](ON)C[C@H]1[C@H](OC)[C@@H](C)C(=O)C[C@@H](Cc1ccccc1)C(=O)O)OC)N(C)C(=O)[C@@H](CC(=O)[C@H](C(C)C)N(C)C)C(C)C. The molecule has 1 aromatic carbocycles. The van der Waals surface area contributed by atoms with Gasteiger partial charge in [0.15, 0.2) is 5.78 Å². The van der Waals surface area contributed by atoms with Gasteiger partial charge in [0.25, 0.3) is 0 Å². The third-order valence-electron chi connectivity index (χ3n) is 11.7. The Morgan fingerprint density at radius 3 is 1.98 bits per heavy atom. The molecule has 0 bridgehead atoms. The summed E-state index contributed by atoms with van der Waals surface area (Å²) in [6, 6.07) is 7.78. The molecule has 10 atom stereocenters. The Morgan fingerprint density at radius 1 is 0.891 bits per heavy atom. The molecule has 0 unspecified atom stereocenters. The van der Waals surface area contributed by atoms with Gasteiger partial charge in [-0.1, -0.05) is 85.2 Å². The van der Waals surface area contributed by atoms with Crippen molar-refractivity contribution in [3.63, 3.8) is 0 Å². The van der Waals surface area contributed by atoms with Crippen molar-refractivity contribution in [2.24, 2.45) is 41.4 Å². The molecule has 13 nitrogen and oxygen atoms in total. The highest BCUT2D eigenvalue weighted by Crippen LogP contribution is 2.32. The number of carboxylic acids is 1. The molecule has 0 radical (unpaired) electrons. The first-order valence-electron chi connectivity index (χ1n) is 19.8. The van der Waals surface area contributed by atoms with Crippen LogP contribution in [0.15, 0.2) is 30.3 Å². The number of hydrogen-bond acceptors (Lipinski definition) is 10. The Bertz CT molecular complexity index is 1380. The van der Waals surface area contributed by atoms with E-state index in [1.807, 2.05) is 90.9 Å². The number of Topliss-reactive ketones (excluding diaryl/α,β-unsaturated/α-hetero) is 2. The lowest BCUT2D eigenvalue weighted by molar-refractivity contribution is -0.149. The van der Waals surface area contributed by atoms with E-state index in [1.54, 1.807) is 23.8 Å². The van der Waals surface area contributed by atoms with Gasteiger partial charge in [0.2, 0.25) is 11.8 Å². The standard InChI is InChI=1S/C42H70N4O9/c1-13-27(6)39(45(10)41(50)32(25(2)3)22-35(48)38(26(4)5)44(8)9)36(53-11)23-37(49)46-24-31(55-43)21-33(46)40(54-12)28(7)34(47)20-30(42(51)52)19-29-17-15-14-16-18-29/h14-18,25-28,30-33,36,38-40H,13,19-24,43H2,1-12H3,(H,51,52)/t27-,28-,30+,31+,32-,33-,36+,38-,39-,40+/m0/s1. The molecule has 0 aliphatic carbocycles. The molecule has 1 saturated heterocycles. The number of nitrogens with zero attached hydrogens (tertiary/aromatic N) is 3. The lowest BCUT2D eigenvalue weighted by atomic mass is 9.83. The van der Waals surface area contributed by atoms with Gasteiger partial charge in [-0.15, -0.1) is 0 Å². The van der Waals surface area contributed by atoms with Gasteiger partial charge in [-0.2, -0.15) is 0 Å². The molecule has 1 aliphatic rings. The van der Waals surface area contributed by atoms with E-state index in [2.05, 4.69) is 0 Å². The molecule has 13 heteroatoms. The second-order valence-corrected chi connectivity index (χ2v) is 16.5. The zero-order valence-corrected chi connectivity index (χ0v) is 35.4. The van der Waals surface area contributed by atoms with E-state index in [9.17, 15) is 29.1 Å². The van der Waals surface area contributed by atoms with Crippen molar-refractivity contribution in [2.45, 2.75) is 123 Å². The van der Waals surface area contributed by atoms with Gasteiger partial charge >= 0.3 is 5.97 Å². The number of carboxylic acid groups (broad SMARTS) is 1. The van der Waals surface area contributed by atoms with Crippen LogP contribution in [0, 0.1) is 35.5 Å². The number of methoxy groups -OCH3 is 2. The molecule has 1 aliphatic heterocycles. The van der Waals surface area contributed by atoms with Crippen molar-refractivity contribution < 1.29 is 43.4 Å². The minimum Gasteiger partial charge on any atom is -0.481 e. The number of rotatable bonds is 24. The molecule has 0 aromatic heterocycles. The number of nitrogens with two attached hydrogens (primary N) is 1. The second kappa shape index (κ2) is 22.5. The van der Waals surface area contributed by atoms with Crippen LogP contribution >= 0.6 is 0 Å². The molecule has 1 heterocycles. The maximum atomic E-state index is 14.3. The van der Waals surface area contributed by atoms with Crippen LogP contribution in [0.4, 0.5) is 0 Å². The molecule has 0 spiro atoms. The maximum absolute atomic E-state index is 14.3. The largest absolute Gasteiger partial charge is 0.481 e. The van der Waals surface area contributed by atoms with Crippen LogP contribution in [0.3, 0.4) is 0 Å². The summed E-state index contributed by atoms with van der Waals surface area (Å²) < 4.78 is 11.9. The molecule has 312 valence electrons. The monoisotopic (exact) mass is 775 g/mol. The van der Waals surface area contributed by atoms with Gasteiger partial charge in [-0.05, 0) is 43.8 Å². The van der Waals surface area contributed by atoms with Crippen molar-refractivity contribution in [2.75, 3.05) is 41.9 Å². The van der Waals surface area contributed by atoms with E-state index >= 15 is 0 Å². The third kappa shape index (κ3) is 12.9. The Labute approximate surface area is 329 Å². The number of likely N-dealkylation sites (tertiary alicyclic amines) is 1. The normalized spacial score (nSPS) is 20.5. The van der Waals surface area contributed by atoms with Crippen LogP contribution in [-0.2, 0) is 44.7 Å². The molecule has 2 rings (SSSR count). The number of ether oxygens (including phenoxy) is 2. The van der Waals surface area contributed by atoms with Gasteiger partial charge in [-0.25, -0.2) is 5.90 Å². The molecule has 55 heavy (non-hydrogen) atoms. The van der Waals surface area contributed by atoms with E-state index in [1.165, 1.54) is 14.2 Å². The predicted molar refractivity (Wildman–Crippen MR) is 212 cm³/mol. The topological polar surface area (TPSA) is 169 Å². The second-order valence-electron chi connectivity index (χ2n) is 16.5. The number of carbonyl (C=O) groups excluding carboxylic acids is 4. The highest BCUT2D eigenvalue weighted by atomic mass is 16.6. The smallest absolute Gasteiger partial charge is 0.307 e. The average molecular weight is 775 g/mol. The van der Waals surface area contributed by atoms with Crippen molar-refractivity contribution in [3.8, 4) is 0 Å². The fourth-order valence-corrected chi connectivity index (χ4v) is 8.46. The number of carbonyl (C=O) groups is 5. The van der Waals surface area contributed by atoms with Crippen LogP contribution in [0.25, 0.3) is 0 Å². The summed E-state index contributed by atoms with van der Waals surface area (Å²) in [5, 5.41) is 9.97. The van der Waals surface area contributed by atoms with Gasteiger partial charge < -0.3 is 24.4 Å². The fraction of sp³-hybridized carbons (Fsp3) is 0.738. The minimum atomic E-state index is -1.06. The minimum absolute atomic E-state index is 0.0193. The molecular formula is C42H70N4O9. The van der Waals surface area contributed by atoms with E-state index in [4.69, 9.17) is 20.2 Å². The van der Waals surface area contributed by atoms with Crippen molar-refractivity contribution in [3.05, 3.63) is 35.9 Å². The van der Waals surface area contributed by atoms with Gasteiger partial charge in [0.05, 0.1) is 48.8 Å². The van der Waals surface area contributed by atoms with E-state index in [0.29, 0.717) is 12.8 Å². The predicted octanol–water partition coefficient (Wildman–Crippen LogP) is 4.50. The van der Waals surface area contributed by atoms with Gasteiger partial charge in [0, 0.05) is 58.9 Å². The number of benzene rings is 1. The Kier molecular flexibility index (Phi) is 19.6. The molecule has 2 amide bonds. The van der Waals surface area contributed by atoms with Crippen LogP contribution in [-0.4, -0.2) is 128 Å². The highest BCUT2D eigenvalue weighted by molar-refractivity contribution is 5.90. The zero-order chi connectivity index (χ0) is 41.7. The first-order chi connectivity index (χ1) is 25.8. The summed E-state index contributed by atoms with van der Waals surface area (Å²) in [5.41, 5.74) is 0.821. The van der Waals surface area contributed by atoms with Gasteiger partial charge in [-0.3, -0.25) is 33.7 Å².